The second-order valence-electron chi connectivity index (χ2n) is 9.11. The summed E-state index contributed by atoms with van der Waals surface area (Å²) in [6.07, 6.45) is -0.475. The molecule has 2 aromatic carbocycles. The van der Waals surface area contributed by atoms with Crippen LogP contribution in [0.2, 0.25) is 0 Å². The lowest BCUT2D eigenvalue weighted by atomic mass is 10.0. The van der Waals surface area contributed by atoms with E-state index in [9.17, 15) is 23.1 Å². The Morgan fingerprint density at radius 1 is 1.14 bits per heavy atom. The highest BCUT2D eigenvalue weighted by molar-refractivity contribution is 5.82. The highest BCUT2D eigenvalue weighted by Crippen LogP contribution is 2.34. The van der Waals surface area contributed by atoms with Gasteiger partial charge in [-0.2, -0.15) is 13.2 Å². The fraction of sp³-hybridized carbons (Fsp3) is 0.286. The van der Waals surface area contributed by atoms with Crippen LogP contribution in [-0.2, 0) is 23.8 Å². The van der Waals surface area contributed by atoms with Crippen molar-refractivity contribution in [2.45, 2.75) is 37.9 Å². The van der Waals surface area contributed by atoms with Crippen LogP contribution in [0.15, 0.2) is 66.9 Å². The average Bonchev–Trinajstić information content (AvgIpc) is 3.30. The Morgan fingerprint density at radius 3 is 2.81 bits per heavy atom. The normalized spacial score (nSPS) is 14.1. The number of pyridine rings is 1. The van der Waals surface area contributed by atoms with E-state index in [1.807, 2.05) is 18.2 Å². The predicted molar refractivity (Wildman–Crippen MR) is 134 cm³/mol. The van der Waals surface area contributed by atoms with Crippen molar-refractivity contribution < 1.29 is 27.8 Å². The van der Waals surface area contributed by atoms with Crippen LogP contribution < -0.4 is 10.1 Å². The maximum Gasteiger partial charge on any atom is 0.416 e. The SMILES string of the molecule is O=C(O)CC(c1cccc(C(F)(F)F)c1)n1ccc2cc(OCCc3ccc4c(n3)CCCN4)ccc21. The quantitative estimate of drug-likeness (QED) is 0.300. The van der Waals surface area contributed by atoms with Gasteiger partial charge in [-0.3, -0.25) is 9.78 Å². The zero-order valence-electron chi connectivity index (χ0n) is 20.0. The molecule has 6 nitrogen and oxygen atoms in total. The van der Waals surface area contributed by atoms with Crippen LogP contribution in [0.25, 0.3) is 10.9 Å². The minimum Gasteiger partial charge on any atom is -0.493 e. The number of anilines is 1. The van der Waals surface area contributed by atoms with Crippen LogP contribution in [0, 0.1) is 0 Å². The summed E-state index contributed by atoms with van der Waals surface area (Å²) >= 11 is 0. The second-order valence-corrected chi connectivity index (χ2v) is 9.11. The van der Waals surface area contributed by atoms with Gasteiger partial charge in [0.2, 0.25) is 0 Å². The number of carboxylic acid groups (broad SMARTS) is 1. The maximum absolute atomic E-state index is 13.3. The third-order valence-electron chi connectivity index (χ3n) is 6.56. The van der Waals surface area contributed by atoms with Crippen molar-refractivity contribution in [2.24, 2.45) is 0 Å². The Labute approximate surface area is 211 Å². The molecule has 0 fully saturated rings. The summed E-state index contributed by atoms with van der Waals surface area (Å²) < 4.78 is 47.5. The fourth-order valence-corrected chi connectivity index (χ4v) is 4.76. The number of ether oxygens (including phenoxy) is 1. The molecule has 9 heteroatoms. The third-order valence-corrected chi connectivity index (χ3v) is 6.56. The monoisotopic (exact) mass is 509 g/mol. The van der Waals surface area contributed by atoms with Gasteiger partial charge in [-0.25, -0.2) is 0 Å². The summed E-state index contributed by atoms with van der Waals surface area (Å²) in [6, 6.07) is 15.3. The Balaban J connectivity index is 1.33. The number of aromatic nitrogens is 2. The molecule has 5 rings (SSSR count). The maximum atomic E-state index is 13.3. The number of hydrogen-bond donors (Lipinski definition) is 2. The number of fused-ring (bicyclic) bond motifs is 2. The zero-order chi connectivity index (χ0) is 26.0. The highest BCUT2D eigenvalue weighted by atomic mass is 19.4. The van der Waals surface area contributed by atoms with E-state index in [2.05, 4.69) is 11.4 Å². The molecule has 1 aliphatic heterocycles. The van der Waals surface area contributed by atoms with Crippen molar-refractivity contribution in [3.63, 3.8) is 0 Å². The summed E-state index contributed by atoms with van der Waals surface area (Å²) in [4.78, 5) is 16.3. The standard InChI is InChI=1S/C28H26F3N3O3/c29-28(30,31)20-4-1-3-18(15-20)26(17-27(35)36)34-13-10-19-16-22(7-9-25(19)34)37-14-11-21-6-8-23-24(33-21)5-2-12-32-23/h1,3-4,6-10,13,15-16,26,32H,2,5,11-12,14,17H2,(H,35,36). The number of hydrogen-bond acceptors (Lipinski definition) is 4. The Kier molecular flexibility index (Phi) is 6.78. The molecule has 0 saturated carbocycles. The first-order chi connectivity index (χ1) is 17.8. The first kappa shape index (κ1) is 24.7. The first-order valence-electron chi connectivity index (χ1n) is 12.1. The summed E-state index contributed by atoms with van der Waals surface area (Å²) in [5, 5.41) is 13.6. The van der Waals surface area contributed by atoms with Gasteiger partial charge in [0.05, 0.1) is 36.0 Å². The number of halogens is 3. The van der Waals surface area contributed by atoms with E-state index >= 15 is 0 Å². The van der Waals surface area contributed by atoms with Gasteiger partial charge in [0, 0.05) is 35.8 Å². The molecule has 1 unspecified atom stereocenters. The lowest BCUT2D eigenvalue weighted by Gasteiger charge is -2.20. The molecule has 1 atom stereocenters. The number of carboxylic acids is 1. The van der Waals surface area contributed by atoms with Gasteiger partial charge in [-0.05, 0) is 66.9 Å². The molecule has 4 aromatic rings. The van der Waals surface area contributed by atoms with E-state index in [4.69, 9.17) is 9.72 Å². The van der Waals surface area contributed by atoms with Crippen molar-refractivity contribution in [2.75, 3.05) is 18.5 Å². The van der Waals surface area contributed by atoms with Gasteiger partial charge in [-0.1, -0.05) is 12.1 Å². The molecule has 0 spiro atoms. The second kappa shape index (κ2) is 10.2. The van der Waals surface area contributed by atoms with Gasteiger partial charge in [0.1, 0.15) is 5.75 Å². The Bertz CT molecular complexity index is 1430. The van der Waals surface area contributed by atoms with Gasteiger partial charge in [0.15, 0.2) is 0 Å². The lowest BCUT2D eigenvalue weighted by Crippen LogP contribution is -2.15. The van der Waals surface area contributed by atoms with Crippen LogP contribution in [0.4, 0.5) is 18.9 Å². The highest BCUT2D eigenvalue weighted by Gasteiger charge is 2.31. The fourth-order valence-electron chi connectivity index (χ4n) is 4.76. The molecular weight excluding hydrogens is 483 g/mol. The van der Waals surface area contributed by atoms with E-state index < -0.39 is 23.8 Å². The van der Waals surface area contributed by atoms with E-state index in [0.29, 0.717) is 24.3 Å². The lowest BCUT2D eigenvalue weighted by molar-refractivity contribution is -0.138. The Hall–Kier alpha value is -4.01. The van der Waals surface area contributed by atoms with Gasteiger partial charge < -0.3 is 19.7 Å². The summed E-state index contributed by atoms with van der Waals surface area (Å²) in [7, 11) is 0. The number of nitrogens with one attached hydrogen (secondary N) is 1. The van der Waals surface area contributed by atoms with E-state index in [-0.39, 0.29) is 12.0 Å². The number of benzene rings is 2. The molecule has 0 bridgehead atoms. The first-order valence-corrected chi connectivity index (χ1v) is 12.1. The van der Waals surface area contributed by atoms with Crippen molar-refractivity contribution in [1.82, 2.24) is 9.55 Å². The molecule has 37 heavy (non-hydrogen) atoms. The molecule has 192 valence electrons. The van der Waals surface area contributed by atoms with Crippen LogP contribution in [0.5, 0.6) is 5.75 Å². The van der Waals surface area contributed by atoms with Gasteiger partial charge in [0.25, 0.3) is 0 Å². The molecule has 0 amide bonds. The molecular formula is C28H26F3N3O3. The molecule has 0 radical (unpaired) electrons. The topological polar surface area (TPSA) is 76.4 Å². The van der Waals surface area contributed by atoms with Crippen molar-refractivity contribution in [3.8, 4) is 5.75 Å². The van der Waals surface area contributed by atoms with Crippen molar-refractivity contribution in [1.29, 1.82) is 0 Å². The summed E-state index contributed by atoms with van der Waals surface area (Å²) in [5.74, 6) is -0.450. The van der Waals surface area contributed by atoms with Crippen molar-refractivity contribution >= 4 is 22.6 Å². The third kappa shape index (κ3) is 5.55. The van der Waals surface area contributed by atoms with Crippen LogP contribution >= 0.6 is 0 Å². The van der Waals surface area contributed by atoms with Gasteiger partial charge >= 0.3 is 12.1 Å². The molecule has 3 heterocycles. The molecule has 0 saturated heterocycles. The minimum atomic E-state index is -4.51. The molecule has 2 N–H and O–H groups in total. The Morgan fingerprint density at radius 2 is 2.00 bits per heavy atom. The van der Waals surface area contributed by atoms with Gasteiger partial charge in [-0.15, -0.1) is 0 Å². The predicted octanol–water partition coefficient (Wildman–Crippen LogP) is 6.10. The minimum absolute atomic E-state index is 0.280. The van der Waals surface area contributed by atoms with Crippen molar-refractivity contribution in [3.05, 3.63) is 89.4 Å². The largest absolute Gasteiger partial charge is 0.493 e. The van der Waals surface area contributed by atoms with E-state index in [1.54, 1.807) is 22.9 Å². The van der Waals surface area contributed by atoms with Crippen LogP contribution in [-0.4, -0.2) is 33.8 Å². The molecule has 1 aliphatic rings. The zero-order valence-corrected chi connectivity index (χ0v) is 20.0. The number of aliphatic carboxylic acids is 1. The number of rotatable bonds is 8. The van der Waals surface area contributed by atoms with Crippen LogP contribution in [0.1, 0.15) is 41.4 Å². The summed E-state index contributed by atoms with van der Waals surface area (Å²) in [5.41, 5.74) is 3.33. The smallest absolute Gasteiger partial charge is 0.416 e. The number of carbonyl (C=O) groups is 1. The molecule has 0 aliphatic carbocycles. The summed E-state index contributed by atoms with van der Waals surface area (Å²) in [6.45, 7) is 1.41. The molecule has 2 aromatic heterocycles. The number of nitrogens with zero attached hydrogens (tertiary/aromatic N) is 2. The average molecular weight is 510 g/mol. The van der Waals surface area contributed by atoms with E-state index in [1.165, 1.54) is 12.1 Å². The van der Waals surface area contributed by atoms with Crippen LogP contribution in [0.3, 0.4) is 0 Å². The number of aryl methyl sites for hydroxylation is 1. The number of alkyl halides is 3. The van der Waals surface area contributed by atoms with E-state index in [0.717, 1.165) is 54.0 Å².